The van der Waals surface area contributed by atoms with Crippen molar-refractivity contribution in [3.63, 3.8) is 0 Å². The van der Waals surface area contributed by atoms with E-state index in [2.05, 4.69) is 10.5 Å². The van der Waals surface area contributed by atoms with Gasteiger partial charge in [-0.1, -0.05) is 0 Å². The monoisotopic (exact) mass is 326 g/mol. The van der Waals surface area contributed by atoms with Crippen molar-refractivity contribution < 1.29 is 17.6 Å². The van der Waals surface area contributed by atoms with E-state index in [-0.39, 0.29) is 11.4 Å². The SMILES string of the molecule is Cc1cc(C)n(CC(=O)NNS(=O)(=O)c2ccc(F)cc2)n1. The number of hydrazine groups is 1. The molecule has 2 aromatic rings. The van der Waals surface area contributed by atoms with Gasteiger partial charge in [-0.3, -0.25) is 14.9 Å². The third-order valence-corrected chi connectivity index (χ3v) is 4.11. The van der Waals surface area contributed by atoms with Crippen LogP contribution in [0.1, 0.15) is 11.4 Å². The molecule has 0 atom stereocenters. The summed E-state index contributed by atoms with van der Waals surface area (Å²) in [4.78, 5) is 13.5. The summed E-state index contributed by atoms with van der Waals surface area (Å²) >= 11 is 0. The molecule has 0 radical (unpaired) electrons. The summed E-state index contributed by atoms with van der Waals surface area (Å²) in [5.74, 6) is -1.12. The van der Waals surface area contributed by atoms with E-state index in [1.165, 1.54) is 4.68 Å². The van der Waals surface area contributed by atoms with Gasteiger partial charge in [0.25, 0.3) is 15.9 Å². The lowest BCUT2D eigenvalue weighted by molar-refractivity contribution is -0.122. The molecule has 0 saturated carbocycles. The second kappa shape index (κ2) is 6.24. The molecule has 0 spiro atoms. The standard InChI is InChI=1S/C13H15FN4O3S/c1-9-7-10(2)18(16-9)8-13(19)15-17-22(20,21)12-5-3-11(14)4-6-12/h3-7,17H,8H2,1-2H3,(H,15,19). The maximum atomic E-state index is 12.8. The van der Waals surface area contributed by atoms with Crippen LogP contribution in [0.5, 0.6) is 0 Å². The van der Waals surface area contributed by atoms with Gasteiger partial charge in [0.1, 0.15) is 12.4 Å². The van der Waals surface area contributed by atoms with E-state index < -0.39 is 21.7 Å². The molecule has 1 amide bonds. The highest BCUT2D eigenvalue weighted by molar-refractivity contribution is 7.89. The summed E-state index contributed by atoms with van der Waals surface area (Å²) in [7, 11) is -3.95. The molecule has 0 bridgehead atoms. The Morgan fingerprint density at radius 3 is 2.45 bits per heavy atom. The van der Waals surface area contributed by atoms with E-state index in [1.54, 1.807) is 19.9 Å². The number of nitrogens with zero attached hydrogens (tertiary/aromatic N) is 2. The topological polar surface area (TPSA) is 93.1 Å². The zero-order valence-electron chi connectivity index (χ0n) is 12.0. The molecule has 22 heavy (non-hydrogen) atoms. The summed E-state index contributed by atoms with van der Waals surface area (Å²) in [6, 6.07) is 6.05. The van der Waals surface area contributed by atoms with Crippen molar-refractivity contribution in [3.05, 3.63) is 47.5 Å². The number of sulfonamides is 1. The highest BCUT2D eigenvalue weighted by Crippen LogP contribution is 2.08. The molecule has 1 aromatic heterocycles. The van der Waals surface area contributed by atoms with Crippen molar-refractivity contribution in [2.24, 2.45) is 0 Å². The predicted octanol–water partition coefficient (Wildman–Crippen LogP) is 0.649. The number of nitrogens with one attached hydrogen (secondary N) is 2. The molecule has 0 saturated heterocycles. The highest BCUT2D eigenvalue weighted by atomic mass is 32.2. The lowest BCUT2D eigenvalue weighted by atomic mass is 10.4. The van der Waals surface area contributed by atoms with Crippen LogP contribution < -0.4 is 10.3 Å². The Morgan fingerprint density at radius 1 is 1.27 bits per heavy atom. The maximum Gasteiger partial charge on any atom is 0.257 e. The van der Waals surface area contributed by atoms with E-state index in [4.69, 9.17) is 0 Å². The van der Waals surface area contributed by atoms with Crippen LogP contribution in [0.15, 0.2) is 35.2 Å². The molecule has 0 aliphatic carbocycles. The number of rotatable bonds is 5. The molecule has 1 aromatic carbocycles. The van der Waals surface area contributed by atoms with Crippen molar-refractivity contribution in [2.75, 3.05) is 0 Å². The number of aryl methyl sites for hydroxylation is 2. The number of amides is 1. The Morgan fingerprint density at radius 2 is 1.91 bits per heavy atom. The van der Waals surface area contributed by atoms with E-state index in [9.17, 15) is 17.6 Å². The van der Waals surface area contributed by atoms with Crippen LogP contribution in [-0.2, 0) is 21.4 Å². The van der Waals surface area contributed by atoms with Gasteiger partial charge < -0.3 is 0 Å². The van der Waals surface area contributed by atoms with Gasteiger partial charge in [-0.2, -0.15) is 5.10 Å². The minimum Gasteiger partial charge on any atom is -0.276 e. The third kappa shape index (κ3) is 3.89. The molecular formula is C13H15FN4O3S. The summed E-state index contributed by atoms with van der Waals surface area (Å²) in [5.41, 5.74) is 3.64. The minimum atomic E-state index is -3.95. The Kier molecular flexibility index (Phi) is 4.57. The fourth-order valence-corrected chi connectivity index (χ4v) is 2.67. The van der Waals surface area contributed by atoms with E-state index in [0.717, 1.165) is 35.7 Å². The summed E-state index contributed by atoms with van der Waals surface area (Å²) in [5, 5.41) is 4.10. The average molecular weight is 326 g/mol. The molecule has 1 heterocycles. The fraction of sp³-hybridized carbons (Fsp3) is 0.231. The Balaban J connectivity index is 1.98. The lowest BCUT2D eigenvalue weighted by Crippen LogP contribution is -2.43. The summed E-state index contributed by atoms with van der Waals surface area (Å²) < 4.78 is 38.0. The molecule has 0 aliphatic heterocycles. The molecule has 0 unspecified atom stereocenters. The first-order valence-electron chi connectivity index (χ1n) is 6.35. The number of halogens is 1. The number of carbonyl (C=O) groups is 1. The van der Waals surface area contributed by atoms with Crippen molar-refractivity contribution in [1.29, 1.82) is 0 Å². The van der Waals surface area contributed by atoms with Crippen LogP contribution in [0.25, 0.3) is 0 Å². The largest absolute Gasteiger partial charge is 0.276 e. The number of hydrogen-bond donors (Lipinski definition) is 2. The van der Waals surface area contributed by atoms with Gasteiger partial charge in [-0.25, -0.2) is 12.8 Å². The first-order chi connectivity index (χ1) is 10.3. The normalized spacial score (nSPS) is 11.4. The molecule has 2 rings (SSSR count). The van der Waals surface area contributed by atoms with Crippen molar-refractivity contribution in [2.45, 2.75) is 25.3 Å². The molecule has 7 nitrogen and oxygen atoms in total. The van der Waals surface area contributed by atoms with E-state index >= 15 is 0 Å². The molecule has 9 heteroatoms. The van der Waals surface area contributed by atoms with Gasteiger partial charge in [-0.15, -0.1) is 4.83 Å². The van der Waals surface area contributed by atoms with E-state index in [1.807, 2.05) is 4.83 Å². The third-order valence-electron chi connectivity index (χ3n) is 2.85. The zero-order valence-corrected chi connectivity index (χ0v) is 12.8. The molecular weight excluding hydrogens is 311 g/mol. The Bertz CT molecular complexity index is 784. The Hall–Kier alpha value is -2.26. The predicted molar refractivity (Wildman–Crippen MR) is 76.6 cm³/mol. The molecule has 118 valence electrons. The quantitative estimate of drug-likeness (QED) is 0.789. The number of aromatic nitrogens is 2. The van der Waals surface area contributed by atoms with E-state index in [0.29, 0.717) is 0 Å². The van der Waals surface area contributed by atoms with Crippen LogP contribution in [0.3, 0.4) is 0 Å². The maximum absolute atomic E-state index is 12.8. The van der Waals surface area contributed by atoms with Gasteiger partial charge in [-0.05, 0) is 44.2 Å². The van der Waals surface area contributed by atoms with Gasteiger partial charge in [0.15, 0.2) is 0 Å². The molecule has 0 aliphatic rings. The second-order valence-corrected chi connectivity index (χ2v) is 6.37. The van der Waals surface area contributed by atoms with Crippen molar-refractivity contribution in [3.8, 4) is 0 Å². The summed E-state index contributed by atoms with van der Waals surface area (Å²) in [6.45, 7) is 3.46. The minimum absolute atomic E-state index is 0.119. The first-order valence-corrected chi connectivity index (χ1v) is 7.83. The average Bonchev–Trinajstić information content (AvgIpc) is 2.75. The fourth-order valence-electron chi connectivity index (χ4n) is 1.81. The van der Waals surface area contributed by atoms with Gasteiger partial charge in [0, 0.05) is 5.69 Å². The molecule has 0 fully saturated rings. The molecule has 2 N–H and O–H groups in total. The van der Waals surface area contributed by atoms with Crippen molar-refractivity contribution >= 4 is 15.9 Å². The van der Waals surface area contributed by atoms with Crippen LogP contribution in [0, 0.1) is 19.7 Å². The van der Waals surface area contributed by atoms with Crippen LogP contribution in [-0.4, -0.2) is 24.1 Å². The lowest BCUT2D eigenvalue weighted by Gasteiger charge is -2.09. The zero-order chi connectivity index (χ0) is 16.3. The van der Waals surface area contributed by atoms with Gasteiger partial charge in [0.05, 0.1) is 10.6 Å². The van der Waals surface area contributed by atoms with Gasteiger partial charge >= 0.3 is 0 Å². The van der Waals surface area contributed by atoms with Crippen LogP contribution in [0.4, 0.5) is 4.39 Å². The summed E-state index contributed by atoms with van der Waals surface area (Å²) in [6.07, 6.45) is 0. The second-order valence-electron chi connectivity index (χ2n) is 4.69. The smallest absolute Gasteiger partial charge is 0.257 e. The Labute approximate surface area is 127 Å². The van der Waals surface area contributed by atoms with Gasteiger partial charge in [0.2, 0.25) is 0 Å². The number of carbonyl (C=O) groups excluding carboxylic acids is 1. The van der Waals surface area contributed by atoms with Crippen LogP contribution in [0.2, 0.25) is 0 Å². The first kappa shape index (κ1) is 16.1. The number of hydrogen-bond acceptors (Lipinski definition) is 4. The highest BCUT2D eigenvalue weighted by Gasteiger charge is 2.15. The van der Waals surface area contributed by atoms with Crippen LogP contribution >= 0.6 is 0 Å². The van der Waals surface area contributed by atoms with Crippen molar-refractivity contribution in [1.82, 2.24) is 20.0 Å². The number of benzene rings is 1.